The van der Waals surface area contributed by atoms with E-state index >= 15 is 0 Å². The molecule has 0 fully saturated rings. The first-order valence-electron chi connectivity index (χ1n) is 12.9. The molecule has 0 saturated heterocycles. The molecule has 0 bridgehead atoms. The highest BCUT2D eigenvalue weighted by Gasteiger charge is 2.29. The number of nitrogens with two attached hydrogens (primary N) is 5. The Balaban J connectivity index is 5.41. The average molecular weight is 562 g/mol. The number of carbonyl (C=O) groups excluding carboxylic acids is 3. The number of nitrogens with zero attached hydrogens (tertiary/aromatic N) is 1. The fraction of sp³-hybridized carbons (Fsp3) is 0.783. The van der Waals surface area contributed by atoms with E-state index in [1.54, 1.807) is 0 Å². The molecule has 0 saturated carbocycles. The molecular weight excluding hydrogens is 514 g/mol. The molecule has 0 radical (unpaired) electrons. The van der Waals surface area contributed by atoms with Crippen LogP contribution in [0.5, 0.6) is 0 Å². The van der Waals surface area contributed by atoms with E-state index in [1.807, 2.05) is 6.26 Å². The van der Waals surface area contributed by atoms with Crippen LogP contribution in [0, 0.1) is 0 Å². The van der Waals surface area contributed by atoms with Crippen LogP contribution >= 0.6 is 11.8 Å². The van der Waals surface area contributed by atoms with Crippen molar-refractivity contribution in [1.82, 2.24) is 16.0 Å². The van der Waals surface area contributed by atoms with E-state index in [9.17, 15) is 24.3 Å². The van der Waals surface area contributed by atoms with Crippen molar-refractivity contribution in [2.45, 2.75) is 82.0 Å². The van der Waals surface area contributed by atoms with E-state index in [0.717, 1.165) is 6.42 Å². The van der Waals surface area contributed by atoms with Gasteiger partial charge >= 0.3 is 5.97 Å². The largest absolute Gasteiger partial charge is 0.480 e. The summed E-state index contributed by atoms with van der Waals surface area (Å²) in [7, 11) is 0. The summed E-state index contributed by atoms with van der Waals surface area (Å²) in [6.45, 7) is 1.11. The molecule has 3 amide bonds. The predicted octanol–water partition coefficient (Wildman–Crippen LogP) is -2.08. The molecule has 220 valence electrons. The lowest BCUT2D eigenvalue weighted by molar-refractivity contribution is -0.142. The van der Waals surface area contributed by atoms with E-state index in [2.05, 4.69) is 20.9 Å². The summed E-state index contributed by atoms with van der Waals surface area (Å²) in [4.78, 5) is 54.3. The van der Waals surface area contributed by atoms with Gasteiger partial charge in [0.05, 0.1) is 6.04 Å². The summed E-state index contributed by atoms with van der Waals surface area (Å²) in [5.41, 5.74) is 27.6. The molecule has 0 heterocycles. The molecule has 4 unspecified atom stereocenters. The van der Waals surface area contributed by atoms with Gasteiger partial charge in [-0.1, -0.05) is 6.42 Å². The van der Waals surface area contributed by atoms with Crippen LogP contribution in [-0.4, -0.2) is 90.6 Å². The lowest BCUT2D eigenvalue weighted by Gasteiger charge is -2.25. The number of guanidine groups is 1. The zero-order chi connectivity index (χ0) is 28.9. The summed E-state index contributed by atoms with van der Waals surface area (Å²) in [6, 6.07) is -3.90. The number of thioether (sulfide) groups is 1. The van der Waals surface area contributed by atoms with E-state index in [0.29, 0.717) is 57.4 Å². The molecule has 0 aliphatic carbocycles. The van der Waals surface area contributed by atoms with E-state index in [1.165, 1.54) is 11.8 Å². The number of amides is 3. The summed E-state index contributed by atoms with van der Waals surface area (Å²) in [5.74, 6) is -2.39. The highest BCUT2D eigenvalue weighted by molar-refractivity contribution is 7.98. The Bertz CT molecular complexity index is 753. The van der Waals surface area contributed by atoms with Gasteiger partial charge in [-0.25, -0.2) is 4.79 Å². The van der Waals surface area contributed by atoms with Gasteiger partial charge < -0.3 is 49.7 Å². The highest BCUT2D eigenvalue weighted by Crippen LogP contribution is 2.08. The zero-order valence-corrected chi connectivity index (χ0v) is 23.1. The fourth-order valence-electron chi connectivity index (χ4n) is 3.49. The van der Waals surface area contributed by atoms with Crippen LogP contribution < -0.4 is 44.6 Å². The summed E-state index contributed by atoms with van der Waals surface area (Å²) in [6.07, 6.45) is 5.88. The Kier molecular flexibility index (Phi) is 19.9. The van der Waals surface area contributed by atoms with Crippen LogP contribution in [0.3, 0.4) is 0 Å². The third-order valence-electron chi connectivity index (χ3n) is 5.69. The SMILES string of the molecule is CSCCC(NC(=O)C(N)CCCCN)C(=O)NC(CCCCN)C(=O)NC(CCCN=C(N)N)C(=O)O. The monoisotopic (exact) mass is 561 g/mol. The lowest BCUT2D eigenvalue weighted by atomic mass is 10.1. The van der Waals surface area contributed by atoms with Crippen molar-refractivity contribution in [2.75, 3.05) is 31.6 Å². The van der Waals surface area contributed by atoms with Crippen molar-refractivity contribution >= 4 is 41.4 Å². The molecule has 15 heteroatoms. The van der Waals surface area contributed by atoms with E-state index < -0.39 is 47.9 Å². The van der Waals surface area contributed by atoms with Crippen molar-refractivity contribution in [2.24, 2.45) is 33.7 Å². The number of hydrogen-bond acceptors (Lipinski definition) is 9. The molecule has 14 nitrogen and oxygen atoms in total. The number of nitrogens with one attached hydrogen (secondary N) is 3. The maximum Gasteiger partial charge on any atom is 0.326 e. The van der Waals surface area contributed by atoms with E-state index in [4.69, 9.17) is 28.7 Å². The maximum atomic E-state index is 13.2. The summed E-state index contributed by atoms with van der Waals surface area (Å²) in [5, 5.41) is 17.4. The second-order valence-corrected chi connectivity index (χ2v) is 9.91. The van der Waals surface area contributed by atoms with Crippen LogP contribution in [0.1, 0.15) is 57.8 Å². The van der Waals surface area contributed by atoms with Gasteiger partial charge in [-0.05, 0) is 76.5 Å². The number of aliphatic imine (C=N–C) groups is 1. The third kappa shape index (κ3) is 16.3. The number of carbonyl (C=O) groups is 4. The van der Waals surface area contributed by atoms with Crippen molar-refractivity contribution in [3.8, 4) is 0 Å². The molecule has 0 aliphatic rings. The van der Waals surface area contributed by atoms with Gasteiger partial charge in [0.1, 0.15) is 18.1 Å². The quantitative estimate of drug-likeness (QED) is 0.0393. The highest BCUT2D eigenvalue weighted by atomic mass is 32.2. The summed E-state index contributed by atoms with van der Waals surface area (Å²) >= 11 is 1.50. The second kappa shape index (κ2) is 21.3. The van der Waals surface area contributed by atoms with Crippen molar-refractivity contribution in [3.63, 3.8) is 0 Å². The molecule has 0 spiro atoms. The standard InChI is InChI=1S/C23H47N9O5S/c1-38-14-10-17(30-19(33)15(26)7-2-4-11-24)21(35)31-16(8-3-5-12-25)20(34)32-18(22(36)37)9-6-13-29-23(27)28/h15-18H,2-14,24-26H2,1H3,(H,30,33)(H,31,35)(H,32,34)(H,36,37)(H4,27,28,29). The normalized spacial score (nSPS) is 14.0. The van der Waals surface area contributed by atoms with Gasteiger partial charge in [0.25, 0.3) is 0 Å². The van der Waals surface area contributed by atoms with E-state index in [-0.39, 0.29) is 25.3 Å². The van der Waals surface area contributed by atoms with Gasteiger partial charge in [0.15, 0.2) is 5.96 Å². The minimum absolute atomic E-state index is 0.0930. The number of carboxylic acids is 1. The Labute approximate surface area is 229 Å². The molecule has 0 aromatic carbocycles. The van der Waals surface area contributed by atoms with Gasteiger partial charge in [-0.2, -0.15) is 11.8 Å². The van der Waals surface area contributed by atoms with Crippen LogP contribution in [0.25, 0.3) is 0 Å². The van der Waals surface area contributed by atoms with Crippen molar-refractivity contribution in [3.05, 3.63) is 0 Å². The average Bonchev–Trinajstić information content (AvgIpc) is 2.87. The van der Waals surface area contributed by atoms with Crippen LogP contribution in [-0.2, 0) is 19.2 Å². The molecule has 14 N–H and O–H groups in total. The number of hydrogen-bond donors (Lipinski definition) is 9. The number of carboxylic acid groups (broad SMARTS) is 1. The van der Waals surface area contributed by atoms with Crippen LogP contribution in [0.15, 0.2) is 4.99 Å². The zero-order valence-electron chi connectivity index (χ0n) is 22.3. The molecule has 0 rings (SSSR count). The van der Waals surface area contributed by atoms with Gasteiger partial charge in [-0.15, -0.1) is 0 Å². The van der Waals surface area contributed by atoms with Crippen LogP contribution in [0.4, 0.5) is 0 Å². The Hall–Kier alpha value is -2.62. The molecule has 0 aromatic heterocycles. The first kappa shape index (κ1) is 35.4. The molecular formula is C23H47N9O5S. The number of unbranched alkanes of at least 4 members (excludes halogenated alkanes) is 2. The number of rotatable bonds is 22. The maximum absolute atomic E-state index is 13.2. The Morgan fingerprint density at radius 2 is 1.26 bits per heavy atom. The minimum atomic E-state index is -1.22. The van der Waals surface area contributed by atoms with Gasteiger partial charge in [0, 0.05) is 6.54 Å². The Morgan fingerprint density at radius 3 is 1.79 bits per heavy atom. The van der Waals surface area contributed by atoms with Gasteiger partial charge in [0.2, 0.25) is 17.7 Å². The first-order valence-corrected chi connectivity index (χ1v) is 14.3. The number of aliphatic carboxylic acids is 1. The predicted molar refractivity (Wildman–Crippen MR) is 150 cm³/mol. The summed E-state index contributed by atoms with van der Waals surface area (Å²) < 4.78 is 0. The first-order chi connectivity index (χ1) is 18.1. The molecule has 38 heavy (non-hydrogen) atoms. The smallest absolute Gasteiger partial charge is 0.326 e. The Morgan fingerprint density at radius 1 is 0.763 bits per heavy atom. The van der Waals surface area contributed by atoms with Gasteiger partial charge in [-0.3, -0.25) is 19.4 Å². The molecule has 4 atom stereocenters. The van der Waals surface area contributed by atoms with Crippen molar-refractivity contribution < 1.29 is 24.3 Å². The van der Waals surface area contributed by atoms with Crippen LogP contribution in [0.2, 0.25) is 0 Å². The topological polar surface area (TPSA) is 267 Å². The lowest BCUT2D eigenvalue weighted by Crippen LogP contribution is -2.57. The third-order valence-corrected chi connectivity index (χ3v) is 6.33. The minimum Gasteiger partial charge on any atom is -0.480 e. The second-order valence-electron chi connectivity index (χ2n) is 8.93. The van der Waals surface area contributed by atoms with Crippen molar-refractivity contribution in [1.29, 1.82) is 0 Å². The molecule has 0 aromatic rings. The molecule has 0 aliphatic heterocycles. The fourth-order valence-corrected chi connectivity index (χ4v) is 3.96.